The summed E-state index contributed by atoms with van der Waals surface area (Å²) in [7, 11) is -3.57. The quantitative estimate of drug-likeness (QED) is 0.885. The van der Waals surface area contributed by atoms with Crippen molar-refractivity contribution < 1.29 is 13.2 Å². The molecule has 5 nitrogen and oxygen atoms in total. The third-order valence-corrected chi connectivity index (χ3v) is 7.66. The van der Waals surface area contributed by atoms with Crippen molar-refractivity contribution in [2.24, 2.45) is 0 Å². The number of thiophene rings is 1. The van der Waals surface area contributed by atoms with Crippen LogP contribution >= 0.6 is 34.5 Å². The highest BCUT2D eigenvalue weighted by Crippen LogP contribution is 2.34. The smallest absolute Gasteiger partial charge is 0.250 e. The lowest BCUT2D eigenvalue weighted by Gasteiger charge is -2.33. The van der Waals surface area contributed by atoms with Crippen LogP contribution < -0.4 is 4.72 Å². The lowest BCUT2D eigenvalue weighted by atomic mass is 10.2. The van der Waals surface area contributed by atoms with E-state index in [-0.39, 0.29) is 21.4 Å². The van der Waals surface area contributed by atoms with Crippen molar-refractivity contribution in [2.45, 2.75) is 35.7 Å². The lowest BCUT2D eigenvalue weighted by molar-refractivity contribution is -0.0390. The van der Waals surface area contributed by atoms with Gasteiger partial charge in [0, 0.05) is 25.2 Å². The SMILES string of the molecule is C[C@@H]1CN2C[C@@H](NS(=O)(=O)c3cc(Cl)c(Cl)s3)C[C@H]2CO1. The zero-order valence-corrected chi connectivity index (χ0v) is 14.5. The van der Waals surface area contributed by atoms with E-state index in [1.807, 2.05) is 6.92 Å². The maximum atomic E-state index is 12.4. The summed E-state index contributed by atoms with van der Waals surface area (Å²) in [6, 6.07) is 1.59. The van der Waals surface area contributed by atoms with Gasteiger partial charge in [0.15, 0.2) is 0 Å². The molecule has 0 bridgehead atoms. The molecule has 0 saturated carbocycles. The maximum absolute atomic E-state index is 12.4. The molecule has 0 radical (unpaired) electrons. The van der Waals surface area contributed by atoms with Crippen LogP contribution in [0.25, 0.3) is 0 Å². The molecule has 1 aromatic rings. The zero-order chi connectivity index (χ0) is 15.2. The lowest BCUT2D eigenvalue weighted by Crippen LogP contribution is -2.45. The molecule has 2 saturated heterocycles. The summed E-state index contributed by atoms with van der Waals surface area (Å²) >= 11 is 12.6. The van der Waals surface area contributed by atoms with Gasteiger partial charge in [0.25, 0.3) is 0 Å². The standard InChI is InChI=1S/C12H16Cl2N2O3S2/c1-7-4-16-5-8(2-9(16)6-19-7)15-21(17,18)11-3-10(13)12(14)20-11/h3,7-9,15H,2,4-6H2,1H3/t7-,8+,9+/m1/s1. The van der Waals surface area contributed by atoms with Gasteiger partial charge in [-0.15, -0.1) is 11.3 Å². The van der Waals surface area contributed by atoms with Crippen LogP contribution in [-0.2, 0) is 14.8 Å². The van der Waals surface area contributed by atoms with E-state index in [1.54, 1.807) is 0 Å². The van der Waals surface area contributed by atoms with Crippen LogP contribution in [0, 0.1) is 0 Å². The number of hydrogen-bond acceptors (Lipinski definition) is 5. The number of nitrogens with zero attached hydrogens (tertiary/aromatic N) is 1. The molecule has 2 fully saturated rings. The minimum Gasteiger partial charge on any atom is -0.376 e. The Labute approximate surface area is 138 Å². The van der Waals surface area contributed by atoms with Crippen molar-refractivity contribution in [3.05, 3.63) is 15.4 Å². The van der Waals surface area contributed by atoms with Crippen LogP contribution in [0.3, 0.4) is 0 Å². The van der Waals surface area contributed by atoms with E-state index < -0.39 is 10.0 Å². The van der Waals surface area contributed by atoms with E-state index in [0.717, 1.165) is 24.3 Å². The molecule has 2 aliphatic rings. The highest BCUT2D eigenvalue weighted by molar-refractivity contribution is 7.91. The molecule has 3 rings (SSSR count). The highest BCUT2D eigenvalue weighted by Gasteiger charge is 2.38. The Morgan fingerprint density at radius 2 is 2.19 bits per heavy atom. The Hall–Kier alpha value is 0.110. The van der Waals surface area contributed by atoms with Crippen LogP contribution in [-0.4, -0.2) is 51.2 Å². The van der Waals surface area contributed by atoms with E-state index in [0.29, 0.717) is 23.5 Å². The van der Waals surface area contributed by atoms with Gasteiger partial charge >= 0.3 is 0 Å². The van der Waals surface area contributed by atoms with Crippen molar-refractivity contribution in [3.8, 4) is 0 Å². The first-order valence-corrected chi connectivity index (χ1v) is 9.73. The molecule has 0 amide bonds. The van der Waals surface area contributed by atoms with Crippen molar-refractivity contribution in [2.75, 3.05) is 19.7 Å². The third kappa shape index (κ3) is 3.39. The van der Waals surface area contributed by atoms with E-state index in [1.165, 1.54) is 6.07 Å². The van der Waals surface area contributed by atoms with Gasteiger partial charge in [-0.05, 0) is 19.4 Å². The summed E-state index contributed by atoms with van der Waals surface area (Å²) in [5, 5.41) is 0.271. The molecular formula is C12H16Cl2N2O3S2. The number of morpholine rings is 1. The van der Waals surface area contributed by atoms with E-state index in [9.17, 15) is 8.42 Å². The molecule has 118 valence electrons. The van der Waals surface area contributed by atoms with Crippen molar-refractivity contribution in [3.63, 3.8) is 0 Å². The molecule has 3 atom stereocenters. The number of rotatable bonds is 3. The van der Waals surface area contributed by atoms with E-state index in [4.69, 9.17) is 27.9 Å². The molecule has 0 unspecified atom stereocenters. The normalized spacial score (nSPS) is 30.5. The second kappa shape index (κ2) is 5.96. The molecule has 0 aromatic carbocycles. The van der Waals surface area contributed by atoms with Crippen molar-refractivity contribution in [1.29, 1.82) is 0 Å². The first-order valence-electron chi connectivity index (χ1n) is 6.68. The average Bonchev–Trinajstić information content (AvgIpc) is 2.92. The van der Waals surface area contributed by atoms with Crippen LogP contribution in [0.2, 0.25) is 9.36 Å². The molecule has 21 heavy (non-hydrogen) atoms. The second-order valence-corrected chi connectivity index (χ2v) is 9.49. The Balaban J connectivity index is 1.69. The fourth-order valence-electron chi connectivity index (χ4n) is 2.86. The van der Waals surface area contributed by atoms with Crippen LogP contribution in [0.5, 0.6) is 0 Å². The molecule has 0 spiro atoms. The van der Waals surface area contributed by atoms with Crippen LogP contribution in [0.4, 0.5) is 0 Å². The van der Waals surface area contributed by atoms with Gasteiger partial charge in [-0.1, -0.05) is 23.2 Å². The van der Waals surface area contributed by atoms with Gasteiger partial charge in [-0.3, -0.25) is 4.90 Å². The van der Waals surface area contributed by atoms with Crippen LogP contribution in [0.1, 0.15) is 13.3 Å². The highest BCUT2D eigenvalue weighted by atomic mass is 35.5. The molecular weight excluding hydrogens is 355 g/mol. The number of fused-ring (bicyclic) bond motifs is 1. The monoisotopic (exact) mass is 370 g/mol. The predicted octanol–water partition coefficient (Wildman–Crippen LogP) is 2.19. The molecule has 2 aliphatic heterocycles. The summed E-state index contributed by atoms with van der Waals surface area (Å²) < 4.78 is 33.5. The average molecular weight is 371 g/mol. The summed E-state index contributed by atoms with van der Waals surface area (Å²) in [5.74, 6) is 0. The Kier molecular flexibility index (Phi) is 4.53. The minimum atomic E-state index is -3.57. The summed E-state index contributed by atoms with van der Waals surface area (Å²) in [6.45, 7) is 4.25. The summed E-state index contributed by atoms with van der Waals surface area (Å²) in [4.78, 5) is 2.29. The number of halogens is 2. The molecule has 0 aliphatic carbocycles. The van der Waals surface area contributed by atoms with E-state index >= 15 is 0 Å². The van der Waals surface area contributed by atoms with Crippen molar-refractivity contribution in [1.82, 2.24) is 9.62 Å². The topological polar surface area (TPSA) is 58.6 Å². The van der Waals surface area contributed by atoms with Gasteiger partial charge in [-0.2, -0.15) is 0 Å². The molecule has 1 N–H and O–H groups in total. The Bertz CT molecular complexity index is 615. The van der Waals surface area contributed by atoms with Crippen molar-refractivity contribution >= 4 is 44.6 Å². The third-order valence-electron chi connectivity index (χ3n) is 3.80. The van der Waals surface area contributed by atoms with Gasteiger partial charge in [0.05, 0.1) is 17.7 Å². The van der Waals surface area contributed by atoms with Gasteiger partial charge in [-0.25, -0.2) is 13.1 Å². The zero-order valence-electron chi connectivity index (χ0n) is 11.4. The number of sulfonamides is 1. The molecule has 1 aromatic heterocycles. The van der Waals surface area contributed by atoms with Crippen LogP contribution in [0.15, 0.2) is 10.3 Å². The van der Waals surface area contributed by atoms with Gasteiger partial charge < -0.3 is 4.74 Å². The van der Waals surface area contributed by atoms with E-state index in [2.05, 4.69) is 9.62 Å². The Morgan fingerprint density at radius 1 is 1.43 bits per heavy atom. The summed E-state index contributed by atoms with van der Waals surface area (Å²) in [6.07, 6.45) is 0.963. The largest absolute Gasteiger partial charge is 0.376 e. The maximum Gasteiger partial charge on any atom is 0.250 e. The fourth-order valence-corrected chi connectivity index (χ4v) is 6.00. The van der Waals surface area contributed by atoms with Gasteiger partial charge in [0.1, 0.15) is 8.55 Å². The number of nitrogens with one attached hydrogen (secondary N) is 1. The second-order valence-electron chi connectivity index (χ2n) is 5.49. The minimum absolute atomic E-state index is 0.103. The number of ether oxygens (including phenoxy) is 1. The summed E-state index contributed by atoms with van der Waals surface area (Å²) in [5.41, 5.74) is 0. The first kappa shape index (κ1) is 16.0. The Morgan fingerprint density at radius 3 is 2.86 bits per heavy atom. The first-order chi connectivity index (χ1) is 9.85. The molecule has 9 heteroatoms. The fraction of sp³-hybridized carbons (Fsp3) is 0.667. The number of hydrogen-bond donors (Lipinski definition) is 1. The van der Waals surface area contributed by atoms with Gasteiger partial charge in [0.2, 0.25) is 10.0 Å². The predicted molar refractivity (Wildman–Crippen MR) is 83.8 cm³/mol. The molecule has 3 heterocycles.